The molecule has 0 unspecified atom stereocenters. The summed E-state index contributed by atoms with van der Waals surface area (Å²) in [7, 11) is 2.19. The van der Waals surface area contributed by atoms with Crippen LogP contribution in [0, 0.1) is 5.92 Å². The lowest BCUT2D eigenvalue weighted by atomic mass is 10.0. The predicted molar refractivity (Wildman–Crippen MR) is 68.6 cm³/mol. The number of likely N-dealkylation sites (tertiary alicyclic amines) is 1. The Bertz CT molecular complexity index is 288. The highest BCUT2D eigenvalue weighted by atomic mass is 16.2. The van der Waals surface area contributed by atoms with Crippen molar-refractivity contribution in [3.8, 4) is 0 Å². The van der Waals surface area contributed by atoms with E-state index in [4.69, 9.17) is 5.73 Å². The summed E-state index contributed by atoms with van der Waals surface area (Å²) < 4.78 is 0. The predicted octanol–water partition coefficient (Wildman–Crippen LogP) is 0.665. The molecule has 2 atom stereocenters. The summed E-state index contributed by atoms with van der Waals surface area (Å²) in [5.74, 6) is 0.356. The first-order valence-corrected chi connectivity index (χ1v) is 6.77. The van der Waals surface area contributed by atoms with Gasteiger partial charge in [0.15, 0.2) is 0 Å². The molecule has 0 spiro atoms. The number of carbonyl (C=O) groups excluding carboxylic acids is 1. The fourth-order valence-electron chi connectivity index (χ4n) is 2.55. The molecule has 0 bridgehead atoms. The van der Waals surface area contributed by atoms with Gasteiger partial charge >= 0.3 is 0 Å². The van der Waals surface area contributed by atoms with E-state index in [1.54, 1.807) is 0 Å². The van der Waals surface area contributed by atoms with Crippen molar-refractivity contribution in [2.45, 2.75) is 51.2 Å². The van der Waals surface area contributed by atoms with Crippen molar-refractivity contribution in [1.29, 1.82) is 0 Å². The molecule has 1 saturated carbocycles. The van der Waals surface area contributed by atoms with E-state index in [0.717, 1.165) is 25.6 Å². The Labute approximate surface area is 104 Å². The molecule has 0 aromatic rings. The van der Waals surface area contributed by atoms with Crippen LogP contribution in [0.25, 0.3) is 0 Å². The number of hydrogen-bond donors (Lipinski definition) is 1. The van der Waals surface area contributed by atoms with Crippen molar-refractivity contribution >= 4 is 5.91 Å². The van der Waals surface area contributed by atoms with Crippen molar-refractivity contribution in [2.24, 2.45) is 11.7 Å². The topological polar surface area (TPSA) is 49.6 Å². The molecule has 0 aromatic heterocycles. The molecule has 4 heteroatoms. The van der Waals surface area contributed by atoms with Crippen LogP contribution in [0.15, 0.2) is 0 Å². The Balaban J connectivity index is 1.86. The fourth-order valence-corrected chi connectivity index (χ4v) is 2.55. The number of nitrogens with zero attached hydrogens (tertiary/aromatic N) is 2. The van der Waals surface area contributed by atoms with Crippen molar-refractivity contribution < 1.29 is 4.79 Å². The third-order valence-electron chi connectivity index (χ3n) is 4.18. The van der Waals surface area contributed by atoms with Gasteiger partial charge in [0, 0.05) is 25.2 Å². The van der Waals surface area contributed by atoms with Gasteiger partial charge in [-0.15, -0.1) is 0 Å². The van der Waals surface area contributed by atoms with E-state index in [2.05, 4.69) is 11.9 Å². The van der Waals surface area contributed by atoms with Gasteiger partial charge in [-0.2, -0.15) is 0 Å². The highest BCUT2D eigenvalue weighted by Gasteiger charge is 2.37. The van der Waals surface area contributed by atoms with E-state index >= 15 is 0 Å². The van der Waals surface area contributed by atoms with Gasteiger partial charge in [-0.3, -0.25) is 9.69 Å². The largest absolute Gasteiger partial charge is 0.340 e. The number of amides is 1. The zero-order valence-corrected chi connectivity index (χ0v) is 11.2. The molecule has 1 aliphatic carbocycles. The summed E-state index contributed by atoms with van der Waals surface area (Å²) in [5, 5.41) is 0. The molecule has 1 saturated heterocycles. The summed E-state index contributed by atoms with van der Waals surface area (Å²) in [6.45, 7) is 5.76. The number of likely N-dealkylation sites (N-methyl/N-ethyl adjacent to an activating group) is 1. The maximum atomic E-state index is 12.1. The maximum absolute atomic E-state index is 12.1. The third-order valence-corrected chi connectivity index (χ3v) is 4.18. The molecule has 4 nitrogen and oxygen atoms in total. The molecule has 1 aliphatic heterocycles. The number of hydrogen-bond acceptors (Lipinski definition) is 3. The lowest BCUT2D eigenvalue weighted by Gasteiger charge is -2.26. The molecule has 98 valence electrons. The van der Waals surface area contributed by atoms with Crippen molar-refractivity contribution in [2.75, 3.05) is 20.1 Å². The SMILES string of the molecule is CC(C)[C@H](N)C(=O)N1CC[C@H](N(C)C2CC2)C1. The third kappa shape index (κ3) is 2.80. The van der Waals surface area contributed by atoms with Crippen LogP contribution in [-0.2, 0) is 4.79 Å². The molecule has 2 N–H and O–H groups in total. The second-order valence-corrected chi connectivity index (χ2v) is 5.89. The molecular weight excluding hydrogens is 214 g/mol. The lowest BCUT2D eigenvalue weighted by Crippen LogP contribution is -2.46. The van der Waals surface area contributed by atoms with Gasteiger partial charge in [-0.1, -0.05) is 13.8 Å². The Hall–Kier alpha value is -0.610. The Morgan fingerprint density at radius 1 is 1.29 bits per heavy atom. The molecule has 2 rings (SSSR count). The first kappa shape index (κ1) is 12.8. The standard InChI is InChI=1S/C13H25N3O/c1-9(2)12(14)13(17)16-7-6-11(8-16)15(3)10-4-5-10/h9-12H,4-8,14H2,1-3H3/t11-,12-/m0/s1. The number of nitrogens with two attached hydrogens (primary N) is 1. The monoisotopic (exact) mass is 239 g/mol. The summed E-state index contributed by atoms with van der Waals surface area (Å²) in [4.78, 5) is 16.5. The maximum Gasteiger partial charge on any atom is 0.239 e. The van der Waals surface area contributed by atoms with E-state index < -0.39 is 0 Å². The zero-order chi connectivity index (χ0) is 12.6. The second-order valence-electron chi connectivity index (χ2n) is 5.89. The zero-order valence-electron chi connectivity index (χ0n) is 11.2. The quantitative estimate of drug-likeness (QED) is 0.784. The van der Waals surface area contributed by atoms with Gasteiger partial charge in [-0.05, 0) is 32.2 Å². The molecule has 0 radical (unpaired) electrons. The van der Waals surface area contributed by atoms with E-state index in [9.17, 15) is 4.79 Å². The van der Waals surface area contributed by atoms with Crippen molar-refractivity contribution in [3.63, 3.8) is 0 Å². The lowest BCUT2D eigenvalue weighted by molar-refractivity contribution is -0.132. The molecular formula is C13H25N3O. The fraction of sp³-hybridized carbons (Fsp3) is 0.923. The van der Waals surface area contributed by atoms with Gasteiger partial charge in [0.1, 0.15) is 0 Å². The summed E-state index contributed by atoms with van der Waals surface area (Å²) in [6.07, 6.45) is 3.75. The van der Waals surface area contributed by atoms with Crippen molar-refractivity contribution in [3.05, 3.63) is 0 Å². The Morgan fingerprint density at radius 2 is 1.94 bits per heavy atom. The normalized spacial score (nSPS) is 26.9. The van der Waals surface area contributed by atoms with E-state index in [1.807, 2.05) is 18.7 Å². The Morgan fingerprint density at radius 3 is 2.47 bits per heavy atom. The highest BCUT2D eigenvalue weighted by Crippen LogP contribution is 2.30. The van der Waals surface area contributed by atoms with Gasteiger partial charge < -0.3 is 10.6 Å². The molecule has 1 amide bonds. The number of rotatable bonds is 4. The van der Waals surface area contributed by atoms with Gasteiger partial charge in [0.05, 0.1) is 6.04 Å². The van der Waals surface area contributed by atoms with Crippen LogP contribution in [0.2, 0.25) is 0 Å². The van der Waals surface area contributed by atoms with Crippen LogP contribution in [0.3, 0.4) is 0 Å². The van der Waals surface area contributed by atoms with Crippen LogP contribution in [0.1, 0.15) is 33.1 Å². The Kier molecular flexibility index (Phi) is 3.73. The summed E-state index contributed by atoms with van der Waals surface area (Å²) in [6, 6.07) is 0.986. The molecule has 0 aromatic carbocycles. The van der Waals surface area contributed by atoms with E-state index in [0.29, 0.717) is 6.04 Å². The minimum Gasteiger partial charge on any atom is -0.340 e. The first-order valence-electron chi connectivity index (χ1n) is 6.77. The van der Waals surface area contributed by atoms with Crippen LogP contribution in [0.4, 0.5) is 0 Å². The minimum absolute atomic E-state index is 0.131. The highest BCUT2D eigenvalue weighted by molar-refractivity contribution is 5.82. The molecule has 2 fully saturated rings. The average Bonchev–Trinajstić information content (AvgIpc) is 3.03. The minimum atomic E-state index is -0.333. The molecule has 1 heterocycles. The van der Waals surface area contributed by atoms with Crippen LogP contribution >= 0.6 is 0 Å². The van der Waals surface area contributed by atoms with Crippen LogP contribution in [-0.4, -0.2) is 54.0 Å². The van der Waals surface area contributed by atoms with E-state index in [-0.39, 0.29) is 17.9 Å². The molecule has 2 aliphatic rings. The number of carbonyl (C=O) groups is 1. The van der Waals surface area contributed by atoms with Crippen LogP contribution < -0.4 is 5.73 Å². The van der Waals surface area contributed by atoms with Gasteiger partial charge in [-0.25, -0.2) is 0 Å². The second kappa shape index (κ2) is 4.94. The average molecular weight is 239 g/mol. The van der Waals surface area contributed by atoms with Gasteiger partial charge in [0.25, 0.3) is 0 Å². The van der Waals surface area contributed by atoms with Crippen LogP contribution in [0.5, 0.6) is 0 Å². The first-order chi connectivity index (χ1) is 8.00. The summed E-state index contributed by atoms with van der Waals surface area (Å²) in [5.41, 5.74) is 5.93. The summed E-state index contributed by atoms with van der Waals surface area (Å²) >= 11 is 0. The van der Waals surface area contributed by atoms with E-state index in [1.165, 1.54) is 12.8 Å². The van der Waals surface area contributed by atoms with Crippen molar-refractivity contribution in [1.82, 2.24) is 9.80 Å². The molecule has 17 heavy (non-hydrogen) atoms. The van der Waals surface area contributed by atoms with Gasteiger partial charge in [0.2, 0.25) is 5.91 Å². The smallest absolute Gasteiger partial charge is 0.239 e.